The molecule has 2 aromatic rings. The second kappa shape index (κ2) is 13.2. The molecule has 3 amide bonds. The first-order valence-electron chi connectivity index (χ1n) is 10.9. The molecule has 1 aromatic carbocycles. The predicted octanol–water partition coefficient (Wildman–Crippen LogP) is -2.86. The second-order valence-corrected chi connectivity index (χ2v) is 8.12. The maximum atomic E-state index is 13.1. The summed E-state index contributed by atoms with van der Waals surface area (Å²) in [5.41, 5.74) is 6.52. The van der Waals surface area contributed by atoms with Crippen molar-refractivity contribution in [2.24, 2.45) is 5.73 Å². The number of aliphatic hydroxyl groups excluding tert-OH is 2. The standard InChI is InChI=1S/C22H30N6O8/c1-11(30)18(23)21(34)28-17(9-29)20(33)26-15(6-12-2-4-14(31)5-3-12)19(32)27-16(22(35)36)7-13-8-24-10-25-13/h2-5,8,10-11,15-18,29-31H,6-7,9,23H2,1H3,(H,24,25)(H,26,33)(H,27,32)(H,28,34)(H,35,36). The van der Waals surface area contributed by atoms with Crippen LogP contribution in [-0.4, -0.2) is 91.0 Å². The van der Waals surface area contributed by atoms with Crippen LogP contribution < -0.4 is 21.7 Å². The van der Waals surface area contributed by atoms with Crippen molar-refractivity contribution < 1.29 is 39.6 Å². The van der Waals surface area contributed by atoms with Gasteiger partial charge in [0.05, 0.1) is 19.0 Å². The largest absolute Gasteiger partial charge is 0.508 e. The molecular weight excluding hydrogens is 476 g/mol. The fourth-order valence-corrected chi connectivity index (χ4v) is 3.12. The van der Waals surface area contributed by atoms with E-state index in [2.05, 4.69) is 25.9 Å². The van der Waals surface area contributed by atoms with E-state index < -0.39 is 60.6 Å². The Kier molecular flexibility index (Phi) is 10.3. The molecule has 0 bridgehead atoms. The van der Waals surface area contributed by atoms with Gasteiger partial charge in [-0.25, -0.2) is 9.78 Å². The van der Waals surface area contributed by atoms with Crippen LogP contribution in [0, 0.1) is 0 Å². The molecule has 0 aliphatic carbocycles. The van der Waals surface area contributed by atoms with E-state index in [4.69, 9.17) is 5.73 Å². The number of rotatable bonds is 13. The van der Waals surface area contributed by atoms with Gasteiger partial charge in [0.15, 0.2) is 0 Å². The first-order chi connectivity index (χ1) is 17.0. The second-order valence-electron chi connectivity index (χ2n) is 8.12. The van der Waals surface area contributed by atoms with Gasteiger partial charge in [-0.15, -0.1) is 0 Å². The monoisotopic (exact) mass is 506 g/mol. The number of aromatic nitrogens is 2. The number of H-pyrrole nitrogens is 1. The molecule has 0 spiro atoms. The molecule has 14 nitrogen and oxygen atoms in total. The highest BCUT2D eigenvalue weighted by atomic mass is 16.4. The van der Waals surface area contributed by atoms with E-state index in [1.54, 1.807) is 0 Å². The number of carbonyl (C=O) groups is 4. The lowest BCUT2D eigenvalue weighted by Gasteiger charge is -2.25. The molecule has 14 heteroatoms. The highest BCUT2D eigenvalue weighted by Crippen LogP contribution is 2.12. The lowest BCUT2D eigenvalue weighted by Crippen LogP contribution is -2.59. The van der Waals surface area contributed by atoms with Crippen LogP contribution in [0.25, 0.3) is 0 Å². The molecule has 1 aromatic heterocycles. The lowest BCUT2D eigenvalue weighted by atomic mass is 10.0. The molecule has 36 heavy (non-hydrogen) atoms. The van der Waals surface area contributed by atoms with Crippen LogP contribution >= 0.6 is 0 Å². The smallest absolute Gasteiger partial charge is 0.326 e. The van der Waals surface area contributed by atoms with Gasteiger partial charge in [0.25, 0.3) is 0 Å². The zero-order chi connectivity index (χ0) is 26.8. The van der Waals surface area contributed by atoms with Crippen LogP contribution in [0.2, 0.25) is 0 Å². The number of aliphatic carboxylic acids is 1. The zero-order valence-electron chi connectivity index (χ0n) is 19.4. The van der Waals surface area contributed by atoms with Gasteiger partial charge in [0.2, 0.25) is 17.7 Å². The average molecular weight is 507 g/mol. The van der Waals surface area contributed by atoms with Crippen molar-refractivity contribution in [3.63, 3.8) is 0 Å². The SMILES string of the molecule is CC(O)C(N)C(=O)NC(CO)C(=O)NC(Cc1ccc(O)cc1)C(=O)NC(Cc1cnc[nH]1)C(=O)O. The number of hydrogen-bond acceptors (Lipinski definition) is 9. The summed E-state index contributed by atoms with van der Waals surface area (Å²) < 4.78 is 0. The average Bonchev–Trinajstić information content (AvgIpc) is 3.35. The van der Waals surface area contributed by atoms with Crippen LogP contribution in [0.3, 0.4) is 0 Å². The normalized spacial score (nSPS) is 15.1. The third-order valence-corrected chi connectivity index (χ3v) is 5.24. The molecular formula is C22H30N6O8. The maximum absolute atomic E-state index is 13.1. The number of nitrogens with one attached hydrogen (secondary N) is 4. The number of nitrogens with two attached hydrogens (primary N) is 1. The van der Waals surface area contributed by atoms with Crippen molar-refractivity contribution in [1.29, 1.82) is 0 Å². The topological polar surface area (TPSA) is 240 Å². The minimum Gasteiger partial charge on any atom is -0.508 e. The minimum atomic E-state index is -1.50. The molecule has 5 unspecified atom stereocenters. The number of phenolic OH excluding ortho intramolecular Hbond substituents is 1. The van der Waals surface area contributed by atoms with E-state index in [0.717, 1.165) is 0 Å². The van der Waals surface area contributed by atoms with Gasteiger partial charge < -0.3 is 47.1 Å². The Morgan fingerprint density at radius 2 is 1.56 bits per heavy atom. The Morgan fingerprint density at radius 3 is 2.08 bits per heavy atom. The van der Waals surface area contributed by atoms with Gasteiger partial charge in [0, 0.05) is 24.7 Å². The zero-order valence-corrected chi connectivity index (χ0v) is 19.4. The first-order valence-corrected chi connectivity index (χ1v) is 10.9. The van der Waals surface area contributed by atoms with Crippen molar-refractivity contribution in [2.45, 2.75) is 50.0 Å². The van der Waals surface area contributed by atoms with Gasteiger partial charge in [0.1, 0.15) is 29.9 Å². The van der Waals surface area contributed by atoms with Gasteiger partial charge in [-0.05, 0) is 24.6 Å². The fourth-order valence-electron chi connectivity index (χ4n) is 3.12. The molecule has 0 saturated heterocycles. The van der Waals surface area contributed by atoms with E-state index in [0.29, 0.717) is 11.3 Å². The Balaban J connectivity index is 2.20. The van der Waals surface area contributed by atoms with E-state index in [1.165, 1.54) is 43.7 Å². The van der Waals surface area contributed by atoms with Gasteiger partial charge in [-0.3, -0.25) is 14.4 Å². The fraction of sp³-hybridized carbons (Fsp3) is 0.409. The summed E-state index contributed by atoms with van der Waals surface area (Å²) in [5, 5.41) is 45.1. The minimum absolute atomic E-state index is 0.0215. The molecule has 10 N–H and O–H groups in total. The van der Waals surface area contributed by atoms with E-state index in [-0.39, 0.29) is 18.6 Å². The predicted molar refractivity (Wildman–Crippen MR) is 124 cm³/mol. The Hall–Kier alpha value is -4.01. The maximum Gasteiger partial charge on any atom is 0.326 e. The number of carboxylic acid groups (broad SMARTS) is 1. The molecule has 196 valence electrons. The number of nitrogens with zero attached hydrogens (tertiary/aromatic N) is 1. The third kappa shape index (κ3) is 8.33. The molecule has 2 rings (SSSR count). The number of phenols is 1. The highest BCUT2D eigenvalue weighted by molar-refractivity contribution is 5.94. The molecule has 0 radical (unpaired) electrons. The van der Waals surface area contributed by atoms with Crippen molar-refractivity contribution in [1.82, 2.24) is 25.9 Å². The van der Waals surface area contributed by atoms with Gasteiger partial charge in [-0.2, -0.15) is 0 Å². The number of aliphatic hydroxyl groups is 2. The molecule has 0 saturated carbocycles. The number of benzene rings is 1. The number of carboxylic acids is 1. The highest BCUT2D eigenvalue weighted by Gasteiger charge is 2.31. The van der Waals surface area contributed by atoms with Crippen LogP contribution in [0.15, 0.2) is 36.8 Å². The van der Waals surface area contributed by atoms with E-state index in [1.807, 2.05) is 0 Å². The number of aromatic amines is 1. The van der Waals surface area contributed by atoms with Crippen molar-refractivity contribution in [2.75, 3.05) is 6.61 Å². The number of imidazole rings is 1. The van der Waals surface area contributed by atoms with Gasteiger partial charge in [-0.1, -0.05) is 12.1 Å². The molecule has 0 fully saturated rings. The summed E-state index contributed by atoms with van der Waals surface area (Å²) in [6.07, 6.45) is 1.34. The summed E-state index contributed by atoms with van der Waals surface area (Å²) in [5.74, 6) is -4.02. The third-order valence-electron chi connectivity index (χ3n) is 5.24. The number of aromatic hydroxyl groups is 1. The van der Waals surface area contributed by atoms with Crippen LogP contribution in [0.4, 0.5) is 0 Å². The van der Waals surface area contributed by atoms with Crippen molar-refractivity contribution >= 4 is 23.7 Å². The van der Waals surface area contributed by atoms with E-state index >= 15 is 0 Å². The Labute approximate surface area is 205 Å². The number of amides is 3. The lowest BCUT2D eigenvalue weighted by molar-refractivity contribution is -0.142. The van der Waals surface area contributed by atoms with Gasteiger partial charge >= 0.3 is 5.97 Å². The number of hydrogen-bond donors (Lipinski definition) is 9. The summed E-state index contributed by atoms with van der Waals surface area (Å²) in [6.45, 7) is 0.438. The molecule has 0 aliphatic rings. The molecule has 1 heterocycles. The quantitative estimate of drug-likeness (QED) is 0.135. The Bertz CT molecular complexity index is 1030. The summed E-state index contributed by atoms with van der Waals surface area (Å²) >= 11 is 0. The Morgan fingerprint density at radius 1 is 0.972 bits per heavy atom. The van der Waals surface area contributed by atoms with E-state index in [9.17, 15) is 39.6 Å². The van der Waals surface area contributed by atoms with Crippen LogP contribution in [-0.2, 0) is 32.0 Å². The van der Waals surface area contributed by atoms with Crippen LogP contribution in [0.5, 0.6) is 5.75 Å². The summed E-state index contributed by atoms with van der Waals surface area (Å²) in [6, 6.07) is 0.232. The van der Waals surface area contributed by atoms with Crippen molar-refractivity contribution in [3.05, 3.63) is 48.0 Å². The number of carbonyl (C=O) groups excluding carboxylic acids is 3. The summed E-state index contributed by atoms with van der Waals surface area (Å²) in [7, 11) is 0. The van der Waals surface area contributed by atoms with Crippen molar-refractivity contribution in [3.8, 4) is 5.75 Å². The molecule has 5 atom stereocenters. The summed E-state index contributed by atoms with van der Waals surface area (Å²) in [4.78, 5) is 56.2. The first kappa shape index (κ1) is 28.2. The van der Waals surface area contributed by atoms with Crippen LogP contribution in [0.1, 0.15) is 18.2 Å². The molecule has 0 aliphatic heterocycles.